The van der Waals surface area contributed by atoms with E-state index in [4.69, 9.17) is 9.47 Å². The Bertz CT molecular complexity index is 810. The number of nitrogens with zero attached hydrogens (tertiary/aromatic N) is 3. The Morgan fingerprint density at radius 2 is 2.22 bits per heavy atom. The van der Waals surface area contributed by atoms with E-state index in [2.05, 4.69) is 9.97 Å². The summed E-state index contributed by atoms with van der Waals surface area (Å²) in [5.74, 6) is 0.428. The Hall–Kier alpha value is -2.47. The minimum Gasteiger partial charge on any atom is -0.480 e. The first-order valence-electron chi connectivity index (χ1n) is 9.62. The Balaban J connectivity index is 1.44. The smallest absolute Gasteiger partial charge is 0.259 e. The van der Waals surface area contributed by atoms with Crippen molar-refractivity contribution in [1.82, 2.24) is 14.9 Å². The molecule has 3 heterocycles. The molecule has 0 bridgehead atoms. The summed E-state index contributed by atoms with van der Waals surface area (Å²) < 4.78 is 11.4. The quantitative estimate of drug-likeness (QED) is 0.813. The molecular formula is C21H25N3O3. The summed E-state index contributed by atoms with van der Waals surface area (Å²) in [6.07, 6.45) is 6.72. The number of piperidine rings is 1. The molecule has 2 aromatic heterocycles. The van der Waals surface area contributed by atoms with Crippen LogP contribution >= 0.6 is 0 Å². The number of carbonyl (C=O) groups is 1. The van der Waals surface area contributed by atoms with E-state index in [1.54, 1.807) is 13.3 Å². The summed E-state index contributed by atoms with van der Waals surface area (Å²) in [5.41, 5.74) is 3.73. The fraction of sp³-hybridized carbons (Fsp3) is 0.476. The first kappa shape index (κ1) is 17.9. The van der Waals surface area contributed by atoms with Crippen LogP contribution in [0.15, 0.2) is 30.5 Å². The Kier molecular flexibility index (Phi) is 5.34. The lowest BCUT2D eigenvalue weighted by Gasteiger charge is -2.33. The van der Waals surface area contributed by atoms with E-state index in [9.17, 15) is 4.79 Å². The first-order chi connectivity index (χ1) is 13.2. The molecular weight excluding hydrogens is 342 g/mol. The second kappa shape index (κ2) is 8.05. The second-order valence-corrected chi connectivity index (χ2v) is 7.15. The number of aromatic nitrogens is 2. The molecule has 2 aliphatic rings. The van der Waals surface area contributed by atoms with Crippen molar-refractivity contribution < 1.29 is 14.3 Å². The minimum absolute atomic E-state index is 0.0137. The van der Waals surface area contributed by atoms with Gasteiger partial charge in [0.1, 0.15) is 5.56 Å². The van der Waals surface area contributed by atoms with Crippen LogP contribution in [0.2, 0.25) is 0 Å². The number of fused-ring (bicyclic) bond motifs is 1. The van der Waals surface area contributed by atoms with Crippen molar-refractivity contribution in [2.75, 3.05) is 20.2 Å². The van der Waals surface area contributed by atoms with Gasteiger partial charge in [0.25, 0.3) is 5.91 Å². The lowest BCUT2D eigenvalue weighted by atomic mass is 10.1. The molecule has 6 nitrogen and oxygen atoms in total. The van der Waals surface area contributed by atoms with Crippen molar-refractivity contribution in [2.45, 2.75) is 44.8 Å². The van der Waals surface area contributed by atoms with E-state index in [-0.39, 0.29) is 12.0 Å². The van der Waals surface area contributed by atoms with Gasteiger partial charge in [-0.3, -0.25) is 9.78 Å². The third kappa shape index (κ3) is 3.95. The summed E-state index contributed by atoms with van der Waals surface area (Å²) >= 11 is 0. The predicted molar refractivity (Wildman–Crippen MR) is 101 cm³/mol. The fourth-order valence-electron chi connectivity index (χ4n) is 3.88. The Morgan fingerprint density at radius 3 is 3.04 bits per heavy atom. The molecule has 27 heavy (non-hydrogen) atoms. The van der Waals surface area contributed by atoms with Gasteiger partial charge in [-0.1, -0.05) is 6.07 Å². The number of likely N-dealkylation sites (tertiary alicyclic amines) is 1. The maximum Gasteiger partial charge on any atom is 0.259 e. The topological polar surface area (TPSA) is 64.5 Å². The standard InChI is InChI=1S/C21H25N3O3/c1-26-20-18(12-15-6-4-9-19(15)23-20)21(25)24-11-5-8-17(13-24)27-14-16-7-2-3-10-22-16/h2-3,7,10,12,17H,4-6,8-9,11,13-14H2,1H3/t17-/m0/s1. The molecule has 0 saturated carbocycles. The van der Waals surface area contributed by atoms with E-state index in [0.29, 0.717) is 24.6 Å². The number of pyridine rings is 2. The molecule has 1 saturated heterocycles. The van der Waals surface area contributed by atoms with Gasteiger partial charge in [-0.25, -0.2) is 4.98 Å². The van der Waals surface area contributed by atoms with Gasteiger partial charge < -0.3 is 14.4 Å². The monoisotopic (exact) mass is 367 g/mol. The number of ether oxygens (including phenoxy) is 2. The van der Waals surface area contributed by atoms with Crippen LogP contribution in [-0.4, -0.2) is 47.1 Å². The van der Waals surface area contributed by atoms with Gasteiger partial charge in [-0.05, 0) is 55.9 Å². The molecule has 2 aromatic rings. The minimum atomic E-state index is -0.0137. The average molecular weight is 367 g/mol. The van der Waals surface area contributed by atoms with Crippen molar-refractivity contribution in [1.29, 1.82) is 0 Å². The zero-order valence-corrected chi connectivity index (χ0v) is 15.7. The fourth-order valence-corrected chi connectivity index (χ4v) is 3.88. The van der Waals surface area contributed by atoms with Crippen molar-refractivity contribution in [3.05, 3.63) is 53.0 Å². The molecule has 0 radical (unpaired) electrons. The molecule has 1 atom stereocenters. The van der Waals surface area contributed by atoms with Crippen molar-refractivity contribution >= 4 is 5.91 Å². The van der Waals surface area contributed by atoms with E-state index >= 15 is 0 Å². The zero-order valence-electron chi connectivity index (χ0n) is 15.7. The number of amides is 1. The maximum atomic E-state index is 13.1. The third-order valence-corrected chi connectivity index (χ3v) is 5.30. The lowest BCUT2D eigenvalue weighted by Crippen LogP contribution is -2.43. The molecule has 0 N–H and O–H groups in total. The highest BCUT2D eigenvalue weighted by molar-refractivity contribution is 5.96. The summed E-state index contributed by atoms with van der Waals surface area (Å²) in [6.45, 7) is 1.80. The molecule has 1 aliphatic heterocycles. The summed E-state index contributed by atoms with van der Waals surface area (Å²) in [6, 6.07) is 7.78. The molecule has 142 valence electrons. The first-order valence-corrected chi connectivity index (χ1v) is 9.62. The van der Waals surface area contributed by atoms with Crippen LogP contribution in [0.25, 0.3) is 0 Å². The van der Waals surface area contributed by atoms with Gasteiger partial charge in [-0.2, -0.15) is 0 Å². The van der Waals surface area contributed by atoms with E-state index in [1.807, 2.05) is 29.2 Å². The molecule has 4 rings (SSSR count). The predicted octanol–water partition coefficient (Wildman–Crippen LogP) is 2.80. The van der Waals surface area contributed by atoms with Gasteiger partial charge in [-0.15, -0.1) is 0 Å². The highest BCUT2D eigenvalue weighted by atomic mass is 16.5. The van der Waals surface area contributed by atoms with Crippen LogP contribution in [0.1, 0.15) is 46.6 Å². The zero-order chi connectivity index (χ0) is 18.6. The highest BCUT2D eigenvalue weighted by Crippen LogP contribution is 2.28. The third-order valence-electron chi connectivity index (χ3n) is 5.30. The number of rotatable bonds is 5. The number of carbonyl (C=O) groups excluding carboxylic acids is 1. The lowest BCUT2D eigenvalue weighted by molar-refractivity contribution is -0.00795. The molecule has 0 aromatic carbocycles. The highest BCUT2D eigenvalue weighted by Gasteiger charge is 2.29. The molecule has 6 heteroatoms. The maximum absolute atomic E-state index is 13.1. The van der Waals surface area contributed by atoms with Crippen LogP contribution in [0.4, 0.5) is 0 Å². The summed E-state index contributed by atoms with van der Waals surface area (Å²) in [7, 11) is 1.58. The summed E-state index contributed by atoms with van der Waals surface area (Å²) in [5, 5.41) is 0. The van der Waals surface area contributed by atoms with E-state index in [0.717, 1.165) is 50.0 Å². The van der Waals surface area contributed by atoms with Gasteiger partial charge in [0, 0.05) is 25.0 Å². The Labute approximate surface area is 159 Å². The van der Waals surface area contributed by atoms with E-state index < -0.39 is 0 Å². The molecule has 1 amide bonds. The normalized spacial score (nSPS) is 19.0. The van der Waals surface area contributed by atoms with Crippen LogP contribution in [0, 0.1) is 0 Å². The van der Waals surface area contributed by atoms with Gasteiger partial charge in [0.05, 0.1) is 25.5 Å². The van der Waals surface area contributed by atoms with Crippen LogP contribution in [-0.2, 0) is 24.2 Å². The van der Waals surface area contributed by atoms with Crippen molar-refractivity contribution in [2.24, 2.45) is 0 Å². The average Bonchev–Trinajstić information content (AvgIpc) is 3.19. The SMILES string of the molecule is COc1nc2c(cc1C(=O)N1CCC[C@H](OCc3ccccn3)C1)CCC2. The largest absolute Gasteiger partial charge is 0.480 e. The number of aryl methyl sites for hydroxylation is 2. The molecule has 0 spiro atoms. The molecule has 0 unspecified atom stereocenters. The summed E-state index contributed by atoms with van der Waals surface area (Å²) in [4.78, 5) is 23.9. The van der Waals surface area contributed by atoms with Gasteiger partial charge in [0.2, 0.25) is 5.88 Å². The Morgan fingerprint density at radius 1 is 1.30 bits per heavy atom. The van der Waals surface area contributed by atoms with Gasteiger partial charge >= 0.3 is 0 Å². The number of methoxy groups -OCH3 is 1. The second-order valence-electron chi connectivity index (χ2n) is 7.15. The van der Waals surface area contributed by atoms with Crippen LogP contribution < -0.4 is 4.74 Å². The molecule has 1 fully saturated rings. The van der Waals surface area contributed by atoms with Crippen LogP contribution in [0.3, 0.4) is 0 Å². The number of hydrogen-bond acceptors (Lipinski definition) is 5. The van der Waals surface area contributed by atoms with Crippen molar-refractivity contribution in [3.63, 3.8) is 0 Å². The van der Waals surface area contributed by atoms with Gasteiger partial charge in [0.15, 0.2) is 0 Å². The van der Waals surface area contributed by atoms with E-state index in [1.165, 1.54) is 5.56 Å². The van der Waals surface area contributed by atoms with Crippen molar-refractivity contribution in [3.8, 4) is 5.88 Å². The molecule has 1 aliphatic carbocycles. The number of hydrogen-bond donors (Lipinski definition) is 0. The van der Waals surface area contributed by atoms with Crippen LogP contribution in [0.5, 0.6) is 5.88 Å².